The van der Waals surface area contributed by atoms with Gasteiger partial charge in [0.1, 0.15) is 5.75 Å². The normalized spacial score (nSPS) is 17.4. The van der Waals surface area contributed by atoms with Crippen LogP contribution in [0.4, 0.5) is 5.69 Å². The van der Waals surface area contributed by atoms with E-state index >= 15 is 0 Å². The van der Waals surface area contributed by atoms with Crippen LogP contribution in [0.25, 0.3) is 0 Å². The molecule has 0 unspecified atom stereocenters. The second kappa shape index (κ2) is 5.89. The number of nitrogens with zero attached hydrogens (tertiary/aromatic N) is 2. The fourth-order valence-corrected chi connectivity index (χ4v) is 2.19. The first-order valence-electron chi connectivity index (χ1n) is 6.17. The zero-order valence-electron chi connectivity index (χ0n) is 10.0. The Bertz CT molecular complexity index is 332. The van der Waals surface area contributed by atoms with E-state index in [4.69, 9.17) is 5.11 Å². The van der Waals surface area contributed by atoms with Gasteiger partial charge >= 0.3 is 0 Å². The molecule has 0 aliphatic carbocycles. The van der Waals surface area contributed by atoms with Crippen LogP contribution in [0.3, 0.4) is 0 Å². The van der Waals surface area contributed by atoms with Gasteiger partial charge in [-0.05, 0) is 30.7 Å². The molecule has 1 aliphatic rings. The van der Waals surface area contributed by atoms with Gasteiger partial charge in [0.05, 0.1) is 0 Å². The van der Waals surface area contributed by atoms with E-state index in [1.54, 1.807) is 12.1 Å². The van der Waals surface area contributed by atoms with E-state index in [0.29, 0.717) is 5.75 Å². The monoisotopic (exact) mass is 236 g/mol. The summed E-state index contributed by atoms with van der Waals surface area (Å²) in [6.07, 6.45) is 0.860. The van der Waals surface area contributed by atoms with Crippen molar-refractivity contribution in [3.8, 4) is 5.75 Å². The lowest BCUT2D eigenvalue weighted by atomic mass is 10.2. The van der Waals surface area contributed by atoms with Crippen molar-refractivity contribution in [3.05, 3.63) is 24.3 Å². The minimum atomic E-state index is 0.276. The summed E-state index contributed by atoms with van der Waals surface area (Å²) < 4.78 is 0. The first-order chi connectivity index (χ1) is 8.29. The smallest absolute Gasteiger partial charge is 0.115 e. The third-order valence-corrected chi connectivity index (χ3v) is 3.22. The fraction of sp³-hybridized carbons (Fsp3) is 0.538. The molecule has 0 saturated carbocycles. The van der Waals surface area contributed by atoms with Gasteiger partial charge in [0.15, 0.2) is 0 Å². The van der Waals surface area contributed by atoms with Crippen molar-refractivity contribution < 1.29 is 10.2 Å². The van der Waals surface area contributed by atoms with E-state index in [2.05, 4.69) is 9.80 Å². The molecule has 1 saturated heterocycles. The standard InChI is InChI=1S/C13H20N2O2/c16-11-1-6-14-7-9-15(10-8-14)12-2-4-13(17)5-3-12/h2-5,16-17H,1,6-11H2. The molecule has 2 N–H and O–H groups in total. The zero-order chi connectivity index (χ0) is 12.1. The minimum absolute atomic E-state index is 0.276. The lowest BCUT2D eigenvalue weighted by molar-refractivity contribution is 0.216. The Morgan fingerprint density at radius 2 is 1.65 bits per heavy atom. The molecule has 0 radical (unpaired) electrons. The van der Waals surface area contributed by atoms with Crippen LogP contribution in [0, 0.1) is 0 Å². The summed E-state index contributed by atoms with van der Waals surface area (Å²) in [7, 11) is 0. The van der Waals surface area contributed by atoms with Gasteiger partial charge < -0.3 is 15.1 Å². The van der Waals surface area contributed by atoms with Crippen LogP contribution in [-0.4, -0.2) is 54.4 Å². The van der Waals surface area contributed by atoms with E-state index in [9.17, 15) is 5.11 Å². The molecule has 0 bridgehead atoms. The van der Waals surface area contributed by atoms with Crippen LogP contribution in [-0.2, 0) is 0 Å². The number of hydrogen-bond acceptors (Lipinski definition) is 4. The van der Waals surface area contributed by atoms with E-state index in [1.807, 2.05) is 12.1 Å². The van der Waals surface area contributed by atoms with E-state index in [-0.39, 0.29) is 6.61 Å². The van der Waals surface area contributed by atoms with Crippen LogP contribution >= 0.6 is 0 Å². The quantitative estimate of drug-likeness (QED) is 0.815. The largest absolute Gasteiger partial charge is 0.508 e. The molecule has 1 fully saturated rings. The number of hydrogen-bond donors (Lipinski definition) is 2. The van der Waals surface area contributed by atoms with Crippen LogP contribution in [0.1, 0.15) is 6.42 Å². The molecule has 17 heavy (non-hydrogen) atoms. The van der Waals surface area contributed by atoms with Crippen LogP contribution < -0.4 is 4.90 Å². The van der Waals surface area contributed by atoms with Crippen LogP contribution in [0.2, 0.25) is 0 Å². The maximum Gasteiger partial charge on any atom is 0.115 e. The van der Waals surface area contributed by atoms with E-state index in [0.717, 1.165) is 39.1 Å². The van der Waals surface area contributed by atoms with Crippen molar-refractivity contribution in [2.75, 3.05) is 44.2 Å². The summed E-state index contributed by atoms with van der Waals surface area (Å²) in [4.78, 5) is 4.71. The summed E-state index contributed by atoms with van der Waals surface area (Å²) in [5.41, 5.74) is 1.17. The molecule has 0 aromatic heterocycles. The molecular formula is C13H20N2O2. The van der Waals surface area contributed by atoms with Crippen molar-refractivity contribution in [1.82, 2.24) is 4.90 Å². The molecule has 1 aromatic rings. The van der Waals surface area contributed by atoms with Gasteiger partial charge in [-0.1, -0.05) is 0 Å². The number of aromatic hydroxyl groups is 1. The van der Waals surface area contributed by atoms with Crippen molar-refractivity contribution in [1.29, 1.82) is 0 Å². The Balaban J connectivity index is 1.84. The number of aliphatic hydroxyl groups is 1. The molecule has 0 amide bonds. The molecule has 4 nitrogen and oxygen atoms in total. The average Bonchev–Trinajstić information content (AvgIpc) is 2.38. The summed E-state index contributed by atoms with van der Waals surface area (Å²) in [6.45, 7) is 5.37. The number of benzene rings is 1. The molecular weight excluding hydrogens is 216 g/mol. The third-order valence-electron chi connectivity index (χ3n) is 3.22. The van der Waals surface area contributed by atoms with Gasteiger partial charge in [-0.25, -0.2) is 0 Å². The number of rotatable bonds is 4. The summed E-state index contributed by atoms with van der Waals surface area (Å²) >= 11 is 0. The lowest BCUT2D eigenvalue weighted by Crippen LogP contribution is -2.46. The Hall–Kier alpha value is -1.26. The van der Waals surface area contributed by atoms with Crippen molar-refractivity contribution >= 4 is 5.69 Å². The lowest BCUT2D eigenvalue weighted by Gasteiger charge is -2.36. The number of piperazine rings is 1. The van der Waals surface area contributed by atoms with Crippen molar-refractivity contribution in [2.24, 2.45) is 0 Å². The van der Waals surface area contributed by atoms with Crippen LogP contribution in [0.15, 0.2) is 24.3 Å². The Morgan fingerprint density at radius 1 is 1.00 bits per heavy atom. The maximum atomic E-state index is 9.24. The van der Waals surface area contributed by atoms with Gasteiger partial charge in [0, 0.05) is 45.0 Å². The van der Waals surface area contributed by atoms with Gasteiger partial charge in [-0.2, -0.15) is 0 Å². The molecule has 4 heteroatoms. The Kier molecular flexibility index (Phi) is 4.23. The predicted octanol–water partition coefficient (Wildman–Crippen LogP) is 0.897. The topological polar surface area (TPSA) is 46.9 Å². The molecule has 1 aliphatic heterocycles. The number of aliphatic hydroxyl groups excluding tert-OH is 1. The first kappa shape index (κ1) is 12.2. The molecule has 1 aromatic carbocycles. The molecule has 94 valence electrons. The second-order valence-corrected chi connectivity index (χ2v) is 4.42. The van der Waals surface area contributed by atoms with Crippen molar-refractivity contribution in [2.45, 2.75) is 6.42 Å². The average molecular weight is 236 g/mol. The van der Waals surface area contributed by atoms with Crippen molar-refractivity contribution in [3.63, 3.8) is 0 Å². The molecule has 0 atom stereocenters. The van der Waals surface area contributed by atoms with E-state index < -0.39 is 0 Å². The number of phenols is 1. The highest BCUT2D eigenvalue weighted by Gasteiger charge is 2.16. The summed E-state index contributed by atoms with van der Waals surface area (Å²) in [5, 5.41) is 18.0. The van der Waals surface area contributed by atoms with Gasteiger partial charge in [0.2, 0.25) is 0 Å². The first-order valence-corrected chi connectivity index (χ1v) is 6.17. The maximum absolute atomic E-state index is 9.24. The fourth-order valence-electron chi connectivity index (χ4n) is 2.19. The Morgan fingerprint density at radius 3 is 2.24 bits per heavy atom. The predicted molar refractivity (Wildman–Crippen MR) is 68.5 cm³/mol. The summed E-state index contributed by atoms with van der Waals surface area (Å²) in [6, 6.07) is 7.37. The minimum Gasteiger partial charge on any atom is -0.508 e. The molecule has 1 heterocycles. The molecule has 0 spiro atoms. The SMILES string of the molecule is OCCCN1CCN(c2ccc(O)cc2)CC1. The second-order valence-electron chi connectivity index (χ2n) is 4.42. The zero-order valence-corrected chi connectivity index (χ0v) is 10.0. The van der Waals surface area contributed by atoms with Crippen LogP contribution in [0.5, 0.6) is 5.75 Å². The van der Waals surface area contributed by atoms with E-state index in [1.165, 1.54) is 5.69 Å². The highest BCUT2D eigenvalue weighted by molar-refractivity contribution is 5.49. The highest BCUT2D eigenvalue weighted by Crippen LogP contribution is 2.19. The summed E-state index contributed by atoms with van der Waals surface area (Å²) in [5.74, 6) is 0.315. The highest BCUT2D eigenvalue weighted by atomic mass is 16.3. The number of phenolic OH excluding ortho intramolecular Hbond substituents is 1. The van der Waals surface area contributed by atoms with Gasteiger partial charge in [-0.3, -0.25) is 4.90 Å². The van der Waals surface area contributed by atoms with Gasteiger partial charge in [0.25, 0.3) is 0 Å². The number of anilines is 1. The van der Waals surface area contributed by atoms with Gasteiger partial charge in [-0.15, -0.1) is 0 Å². The Labute approximate surface area is 102 Å². The third kappa shape index (κ3) is 3.35. The molecule has 2 rings (SSSR count).